The number of hydrogen-bond acceptors (Lipinski definition) is 2. The van der Waals surface area contributed by atoms with Gasteiger partial charge in [0.2, 0.25) is 0 Å². The van der Waals surface area contributed by atoms with Crippen LogP contribution in [0.5, 0.6) is 0 Å². The van der Waals surface area contributed by atoms with Crippen LogP contribution in [0, 0.1) is 0 Å². The number of rotatable bonds is 2. The van der Waals surface area contributed by atoms with Crippen LogP contribution >= 0.6 is 0 Å². The Kier molecular flexibility index (Phi) is 10.1. The Bertz CT molecular complexity index is 129. The van der Waals surface area contributed by atoms with Gasteiger partial charge in [0.1, 0.15) is 5.84 Å². The summed E-state index contributed by atoms with van der Waals surface area (Å²) in [6.07, 6.45) is 0. The molecule has 0 aliphatic rings. The fourth-order valence-electron chi connectivity index (χ4n) is 0.408. The summed E-state index contributed by atoms with van der Waals surface area (Å²) in [5.41, 5.74) is 0. The fraction of sp³-hybridized carbons (Fsp3) is 0.500. The van der Waals surface area contributed by atoms with Crippen LogP contribution in [-0.4, -0.2) is 31.0 Å². The molecule has 0 aromatic rings. The minimum Gasteiger partial charge on any atom is -0.362 e. The highest BCUT2D eigenvalue weighted by atomic mass is 15.3. The first-order valence-corrected chi connectivity index (χ1v) is 3.43. The van der Waals surface area contributed by atoms with Crippen molar-refractivity contribution in [3.05, 3.63) is 13.2 Å². The summed E-state index contributed by atoms with van der Waals surface area (Å²) in [6, 6.07) is 0. The topological polar surface area (TPSA) is 28.0 Å². The summed E-state index contributed by atoms with van der Waals surface area (Å²) >= 11 is 0. The predicted molar refractivity (Wildman–Crippen MR) is 52.2 cm³/mol. The van der Waals surface area contributed by atoms with Crippen molar-refractivity contribution in [2.75, 3.05) is 13.6 Å². The Morgan fingerprint density at radius 3 is 2.18 bits per heavy atom. The van der Waals surface area contributed by atoms with Crippen molar-refractivity contribution >= 4 is 12.6 Å². The molecule has 0 radical (unpaired) electrons. The van der Waals surface area contributed by atoms with Crippen LogP contribution in [0.25, 0.3) is 0 Å². The zero-order valence-electron chi connectivity index (χ0n) is 7.67. The molecule has 0 aromatic heterocycles. The molecule has 0 bridgehead atoms. The number of amidine groups is 1. The van der Waals surface area contributed by atoms with Gasteiger partial charge in [-0.3, -0.25) is 0 Å². The van der Waals surface area contributed by atoms with Crippen molar-refractivity contribution in [2.45, 2.75) is 13.8 Å². The van der Waals surface area contributed by atoms with E-state index in [-0.39, 0.29) is 0 Å². The minimum absolute atomic E-state index is 0.896. The maximum absolute atomic E-state index is 3.75. The number of hydrogen-bond donors (Lipinski definition) is 0. The van der Waals surface area contributed by atoms with E-state index in [4.69, 9.17) is 0 Å². The Labute approximate surface area is 69.1 Å². The van der Waals surface area contributed by atoms with Crippen LogP contribution < -0.4 is 0 Å². The zero-order chi connectivity index (χ0) is 9.28. The van der Waals surface area contributed by atoms with Gasteiger partial charge in [-0.2, -0.15) is 5.10 Å². The SMILES string of the molecule is C=C.C=N/N=C(/C)N(C)CC. The molecule has 0 atom stereocenters. The lowest BCUT2D eigenvalue weighted by molar-refractivity contribution is 0.530. The molecule has 0 unspecified atom stereocenters. The first-order valence-electron chi connectivity index (χ1n) is 3.43. The third-order valence-electron chi connectivity index (χ3n) is 1.24. The zero-order valence-corrected chi connectivity index (χ0v) is 7.67. The second-order valence-corrected chi connectivity index (χ2v) is 1.80. The largest absolute Gasteiger partial charge is 0.362 e. The van der Waals surface area contributed by atoms with Crippen molar-refractivity contribution in [1.82, 2.24) is 4.90 Å². The molecule has 0 aliphatic carbocycles. The average Bonchev–Trinajstić information content (AvgIpc) is 2.07. The summed E-state index contributed by atoms with van der Waals surface area (Å²) in [6.45, 7) is 14.2. The lowest BCUT2D eigenvalue weighted by Gasteiger charge is -2.13. The fourth-order valence-corrected chi connectivity index (χ4v) is 0.408. The van der Waals surface area contributed by atoms with Crippen LogP contribution in [0.4, 0.5) is 0 Å². The van der Waals surface area contributed by atoms with E-state index in [9.17, 15) is 0 Å². The summed E-state index contributed by atoms with van der Waals surface area (Å²) < 4.78 is 0. The van der Waals surface area contributed by atoms with Gasteiger partial charge < -0.3 is 4.90 Å². The molecule has 0 rings (SSSR count). The van der Waals surface area contributed by atoms with Crippen molar-refractivity contribution in [2.24, 2.45) is 10.2 Å². The highest BCUT2D eigenvalue weighted by molar-refractivity contribution is 5.79. The first kappa shape index (κ1) is 12.5. The summed E-state index contributed by atoms with van der Waals surface area (Å²) in [5, 5.41) is 7.15. The molecular formula is C8H17N3. The van der Waals surface area contributed by atoms with E-state index in [1.165, 1.54) is 0 Å². The van der Waals surface area contributed by atoms with Crippen molar-refractivity contribution in [1.29, 1.82) is 0 Å². The molecule has 0 aromatic carbocycles. The first-order chi connectivity index (χ1) is 5.22. The molecule has 0 amide bonds. The predicted octanol–water partition coefficient (Wildman–Crippen LogP) is 1.77. The molecular weight excluding hydrogens is 138 g/mol. The summed E-state index contributed by atoms with van der Waals surface area (Å²) in [5.74, 6) is 0.896. The maximum atomic E-state index is 3.75. The van der Waals surface area contributed by atoms with E-state index in [0.717, 1.165) is 12.4 Å². The average molecular weight is 155 g/mol. The molecule has 0 aliphatic heterocycles. The van der Waals surface area contributed by atoms with E-state index in [1.807, 2.05) is 18.9 Å². The van der Waals surface area contributed by atoms with E-state index in [2.05, 4.69) is 37.0 Å². The lowest BCUT2D eigenvalue weighted by Crippen LogP contribution is -2.22. The molecule has 0 spiro atoms. The highest BCUT2D eigenvalue weighted by Gasteiger charge is 1.93. The monoisotopic (exact) mass is 155 g/mol. The van der Waals surface area contributed by atoms with Crippen molar-refractivity contribution < 1.29 is 0 Å². The van der Waals surface area contributed by atoms with Gasteiger partial charge in [0, 0.05) is 20.3 Å². The standard InChI is InChI=1S/C6H13N3.C2H4/c1-5-9(4)6(2)8-7-3;1-2/h3,5H2,1-2,4H3;1-2H2/b8-6-;. The Balaban J connectivity index is 0. The van der Waals surface area contributed by atoms with Crippen molar-refractivity contribution in [3.8, 4) is 0 Å². The van der Waals surface area contributed by atoms with E-state index >= 15 is 0 Å². The molecule has 64 valence electrons. The van der Waals surface area contributed by atoms with Crippen LogP contribution in [-0.2, 0) is 0 Å². The van der Waals surface area contributed by atoms with E-state index < -0.39 is 0 Å². The van der Waals surface area contributed by atoms with Gasteiger partial charge in [0.15, 0.2) is 0 Å². The van der Waals surface area contributed by atoms with Crippen molar-refractivity contribution in [3.63, 3.8) is 0 Å². The third-order valence-corrected chi connectivity index (χ3v) is 1.24. The van der Waals surface area contributed by atoms with E-state index in [0.29, 0.717) is 0 Å². The molecule has 0 heterocycles. The Morgan fingerprint density at radius 2 is 1.91 bits per heavy atom. The second kappa shape index (κ2) is 8.88. The van der Waals surface area contributed by atoms with Gasteiger partial charge in [-0.05, 0) is 13.8 Å². The normalized spacial score (nSPS) is 9.55. The highest BCUT2D eigenvalue weighted by Crippen LogP contribution is 1.85. The van der Waals surface area contributed by atoms with Crippen LogP contribution in [0.1, 0.15) is 13.8 Å². The molecule has 0 saturated heterocycles. The third kappa shape index (κ3) is 6.77. The molecule has 0 fully saturated rings. The summed E-state index contributed by atoms with van der Waals surface area (Å²) in [7, 11) is 1.96. The van der Waals surface area contributed by atoms with Gasteiger partial charge >= 0.3 is 0 Å². The second-order valence-electron chi connectivity index (χ2n) is 1.80. The van der Waals surface area contributed by atoms with Crippen LogP contribution in [0.2, 0.25) is 0 Å². The summed E-state index contributed by atoms with van der Waals surface area (Å²) in [4.78, 5) is 1.99. The quantitative estimate of drug-likeness (QED) is 0.258. The Hall–Kier alpha value is -1.12. The maximum Gasteiger partial charge on any atom is 0.124 e. The Morgan fingerprint density at radius 1 is 1.45 bits per heavy atom. The van der Waals surface area contributed by atoms with Gasteiger partial charge in [-0.15, -0.1) is 18.3 Å². The van der Waals surface area contributed by atoms with Gasteiger partial charge in [-0.25, -0.2) is 0 Å². The molecule has 3 nitrogen and oxygen atoms in total. The van der Waals surface area contributed by atoms with Crippen LogP contribution in [0.3, 0.4) is 0 Å². The molecule has 0 saturated carbocycles. The lowest BCUT2D eigenvalue weighted by atomic mass is 10.5. The van der Waals surface area contributed by atoms with E-state index in [1.54, 1.807) is 0 Å². The molecule has 0 N–H and O–H groups in total. The minimum atomic E-state index is 0.896. The smallest absolute Gasteiger partial charge is 0.124 e. The number of nitrogens with zero attached hydrogens (tertiary/aromatic N) is 3. The molecule has 11 heavy (non-hydrogen) atoms. The van der Waals surface area contributed by atoms with Crippen LogP contribution in [0.15, 0.2) is 23.4 Å². The van der Waals surface area contributed by atoms with Gasteiger partial charge in [-0.1, -0.05) is 0 Å². The van der Waals surface area contributed by atoms with Gasteiger partial charge in [0.05, 0.1) is 0 Å². The van der Waals surface area contributed by atoms with Gasteiger partial charge in [0.25, 0.3) is 0 Å². The molecule has 3 heteroatoms.